The predicted molar refractivity (Wildman–Crippen MR) is 85.4 cm³/mol. The molecule has 0 atom stereocenters. The van der Waals surface area contributed by atoms with Crippen molar-refractivity contribution in [1.29, 1.82) is 0 Å². The molecule has 0 saturated heterocycles. The standard InChI is InChI=1S/C16H27ClN2O/c1-15(2,3)7-8-20-14-9-12(13(17)11-18-14)10-19-16(4,5)6/h9,11,19H,7-8,10H2,1-6H3. The highest BCUT2D eigenvalue weighted by molar-refractivity contribution is 6.31. The molecule has 0 fully saturated rings. The third-order valence-corrected chi connectivity index (χ3v) is 3.16. The van der Waals surface area contributed by atoms with Gasteiger partial charge in [-0.2, -0.15) is 0 Å². The largest absolute Gasteiger partial charge is 0.478 e. The minimum atomic E-state index is 0.0554. The van der Waals surface area contributed by atoms with E-state index < -0.39 is 0 Å². The Labute approximate surface area is 128 Å². The van der Waals surface area contributed by atoms with Crippen molar-refractivity contribution in [3.05, 3.63) is 22.8 Å². The maximum absolute atomic E-state index is 6.17. The molecule has 1 N–H and O–H groups in total. The van der Waals surface area contributed by atoms with E-state index in [1.165, 1.54) is 0 Å². The minimum absolute atomic E-state index is 0.0554. The number of hydrogen-bond acceptors (Lipinski definition) is 3. The van der Waals surface area contributed by atoms with Gasteiger partial charge in [0.25, 0.3) is 0 Å². The quantitative estimate of drug-likeness (QED) is 0.872. The lowest BCUT2D eigenvalue weighted by Gasteiger charge is -2.21. The van der Waals surface area contributed by atoms with Gasteiger partial charge in [0.05, 0.1) is 11.6 Å². The Bertz CT molecular complexity index is 433. The Kier molecular flexibility index (Phi) is 5.84. The van der Waals surface area contributed by atoms with Crippen molar-refractivity contribution in [1.82, 2.24) is 10.3 Å². The summed E-state index contributed by atoms with van der Waals surface area (Å²) in [5.74, 6) is 0.643. The fourth-order valence-corrected chi connectivity index (χ4v) is 1.67. The van der Waals surface area contributed by atoms with Crippen molar-refractivity contribution < 1.29 is 4.74 Å². The van der Waals surface area contributed by atoms with Crippen LogP contribution in [0.15, 0.2) is 12.3 Å². The first-order chi connectivity index (χ1) is 9.07. The van der Waals surface area contributed by atoms with Crippen LogP contribution in [0.4, 0.5) is 0 Å². The molecule has 1 heterocycles. The summed E-state index contributed by atoms with van der Waals surface area (Å²) in [4.78, 5) is 4.22. The van der Waals surface area contributed by atoms with E-state index in [0.717, 1.165) is 12.0 Å². The van der Waals surface area contributed by atoms with E-state index in [1.54, 1.807) is 6.20 Å². The van der Waals surface area contributed by atoms with Gasteiger partial charge in [-0.05, 0) is 38.2 Å². The highest BCUT2D eigenvalue weighted by atomic mass is 35.5. The van der Waals surface area contributed by atoms with Crippen LogP contribution in [0.25, 0.3) is 0 Å². The van der Waals surface area contributed by atoms with Crippen LogP contribution in [0.5, 0.6) is 5.88 Å². The lowest BCUT2D eigenvalue weighted by atomic mass is 9.93. The first kappa shape index (κ1) is 17.3. The highest BCUT2D eigenvalue weighted by Crippen LogP contribution is 2.22. The maximum atomic E-state index is 6.17. The molecule has 20 heavy (non-hydrogen) atoms. The molecule has 1 aromatic rings. The van der Waals surface area contributed by atoms with Gasteiger partial charge in [-0.15, -0.1) is 0 Å². The highest BCUT2D eigenvalue weighted by Gasteiger charge is 2.13. The van der Waals surface area contributed by atoms with Crippen LogP contribution in [0.1, 0.15) is 53.5 Å². The number of ether oxygens (including phenoxy) is 1. The van der Waals surface area contributed by atoms with Crippen molar-refractivity contribution in [3.63, 3.8) is 0 Å². The lowest BCUT2D eigenvalue weighted by Crippen LogP contribution is -2.35. The van der Waals surface area contributed by atoms with Crippen LogP contribution in [0.2, 0.25) is 5.02 Å². The van der Waals surface area contributed by atoms with Gasteiger partial charge in [-0.3, -0.25) is 0 Å². The van der Waals surface area contributed by atoms with Crippen LogP contribution in [0.3, 0.4) is 0 Å². The van der Waals surface area contributed by atoms with E-state index in [4.69, 9.17) is 16.3 Å². The third-order valence-electron chi connectivity index (χ3n) is 2.82. The normalized spacial score (nSPS) is 12.6. The number of nitrogens with zero attached hydrogens (tertiary/aromatic N) is 1. The van der Waals surface area contributed by atoms with Crippen molar-refractivity contribution in [2.75, 3.05) is 6.61 Å². The lowest BCUT2D eigenvalue weighted by molar-refractivity contribution is 0.236. The van der Waals surface area contributed by atoms with Gasteiger partial charge in [0.15, 0.2) is 0 Å². The Hall–Kier alpha value is -0.800. The second-order valence-corrected chi connectivity index (χ2v) is 7.78. The molecule has 0 unspecified atom stereocenters. The topological polar surface area (TPSA) is 34.1 Å². The summed E-state index contributed by atoms with van der Waals surface area (Å²) < 4.78 is 5.71. The van der Waals surface area contributed by atoms with Crippen molar-refractivity contribution in [2.45, 2.75) is 60.0 Å². The van der Waals surface area contributed by atoms with E-state index in [1.807, 2.05) is 6.07 Å². The number of rotatable bonds is 5. The van der Waals surface area contributed by atoms with E-state index in [9.17, 15) is 0 Å². The Balaban J connectivity index is 2.62. The second kappa shape index (κ2) is 6.77. The maximum Gasteiger partial charge on any atom is 0.213 e. The third kappa shape index (κ3) is 7.11. The molecule has 0 spiro atoms. The molecule has 0 aliphatic rings. The Morgan fingerprint density at radius 2 is 1.85 bits per heavy atom. The SMILES string of the molecule is CC(C)(C)CCOc1cc(CNC(C)(C)C)c(Cl)cn1. The zero-order valence-electron chi connectivity index (χ0n) is 13.5. The molecular weight excluding hydrogens is 272 g/mol. The summed E-state index contributed by atoms with van der Waals surface area (Å²) in [5, 5.41) is 4.09. The Morgan fingerprint density at radius 3 is 2.40 bits per heavy atom. The van der Waals surface area contributed by atoms with E-state index in [2.05, 4.69) is 51.8 Å². The van der Waals surface area contributed by atoms with Crippen molar-refractivity contribution in [3.8, 4) is 5.88 Å². The summed E-state index contributed by atoms with van der Waals surface area (Å²) in [6.45, 7) is 14.4. The molecule has 0 aromatic carbocycles. The molecule has 0 aliphatic heterocycles. The second-order valence-electron chi connectivity index (χ2n) is 7.38. The average molecular weight is 299 g/mol. The molecule has 0 aliphatic carbocycles. The molecule has 1 rings (SSSR count). The van der Waals surface area contributed by atoms with Crippen LogP contribution < -0.4 is 10.1 Å². The molecule has 4 heteroatoms. The monoisotopic (exact) mass is 298 g/mol. The van der Waals surface area contributed by atoms with Crippen LogP contribution >= 0.6 is 11.6 Å². The van der Waals surface area contributed by atoms with Gasteiger partial charge in [0.2, 0.25) is 5.88 Å². The molecule has 0 radical (unpaired) electrons. The minimum Gasteiger partial charge on any atom is -0.478 e. The molecular formula is C16H27ClN2O. The fourth-order valence-electron chi connectivity index (χ4n) is 1.50. The summed E-state index contributed by atoms with van der Waals surface area (Å²) in [6, 6.07) is 1.92. The van der Waals surface area contributed by atoms with Gasteiger partial charge < -0.3 is 10.1 Å². The predicted octanol–water partition coefficient (Wildman–Crippen LogP) is 4.44. The smallest absolute Gasteiger partial charge is 0.213 e. The van der Waals surface area contributed by atoms with Crippen LogP contribution in [0, 0.1) is 5.41 Å². The molecule has 0 bridgehead atoms. The zero-order chi connectivity index (χ0) is 15.4. The van der Waals surface area contributed by atoms with Gasteiger partial charge in [0, 0.05) is 24.3 Å². The molecule has 0 saturated carbocycles. The number of aromatic nitrogens is 1. The fraction of sp³-hybridized carbons (Fsp3) is 0.688. The van der Waals surface area contributed by atoms with Crippen LogP contribution in [-0.2, 0) is 6.54 Å². The van der Waals surface area contributed by atoms with Gasteiger partial charge >= 0.3 is 0 Å². The first-order valence-corrected chi connectivity index (χ1v) is 7.47. The van der Waals surface area contributed by atoms with Crippen molar-refractivity contribution >= 4 is 11.6 Å². The summed E-state index contributed by atoms with van der Waals surface area (Å²) >= 11 is 6.17. The molecule has 0 amide bonds. The summed E-state index contributed by atoms with van der Waals surface area (Å²) in [5.41, 5.74) is 1.34. The average Bonchev–Trinajstić information content (AvgIpc) is 2.27. The van der Waals surface area contributed by atoms with Crippen molar-refractivity contribution in [2.24, 2.45) is 5.41 Å². The van der Waals surface area contributed by atoms with Crippen LogP contribution in [-0.4, -0.2) is 17.1 Å². The molecule has 3 nitrogen and oxygen atoms in total. The van der Waals surface area contributed by atoms with Gasteiger partial charge in [0.1, 0.15) is 0 Å². The summed E-state index contributed by atoms with van der Waals surface area (Å²) in [6.07, 6.45) is 2.65. The van der Waals surface area contributed by atoms with E-state index >= 15 is 0 Å². The van der Waals surface area contributed by atoms with E-state index in [0.29, 0.717) is 24.1 Å². The zero-order valence-corrected chi connectivity index (χ0v) is 14.3. The summed E-state index contributed by atoms with van der Waals surface area (Å²) in [7, 11) is 0. The Morgan fingerprint density at radius 1 is 1.20 bits per heavy atom. The van der Waals surface area contributed by atoms with Gasteiger partial charge in [-0.25, -0.2) is 4.98 Å². The van der Waals surface area contributed by atoms with E-state index in [-0.39, 0.29) is 11.0 Å². The molecule has 1 aromatic heterocycles. The number of nitrogens with one attached hydrogen (secondary N) is 1. The first-order valence-electron chi connectivity index (χ1n) is 7.09. The molecule has 114 valence electrons. The number of halogens is 1. The van der Waals surface area contributed by atoms with Gasteiger partial charge in [-0.1, -0.05) is 32.4 Å². The number of hydrogen-bond donors (Lipinski definition) is 1. The number of pyridine rings is 1.